The lowest BCUT2D eigenvalue weighted by Gasteiger charge is -2.17. The Labute approximate surface area is 171 Å². The van der Waals surface area contributed by atoms with Crippen molar-refractivity contribution >= 4 is 58.0 Å². The minimum Gasteiger partial charge on any atom is -0.396 e. The summed E-state index contributed by atoms with van der Waals surface area (Å²) in [6.07, 6.45) is 0. The summed E-state index contributed by atoms with van der Waals surface area (Å²) >= 11 is 13.5. The van der Waals surface area contributed by atoms with Gasteiger partial charge in [0.15, 0.2) is 0 Å². The maximum atomic E-state index is 13.3. The lowest BCUT2D eigenvalue weighted by Crippen LogP contribution is -2.31. The van der Waals surface area contributed by atoms with Gasteiger partial charge in [-0.3, -0.25) is 9.59 Å². The van der Waals surface area contributed by atoms with Crippen LogP contribution in [-0.4, -0.2) is 29.3 Å². The molecule has 0 radical (unpaired) electrons. The summed E-state index contributed by atoms with van der Waals surface area (Å²) in [4.78, 5) is 27.7. The van der Waals surface area contributed by atoms with E-state index in [4.69, 9.17) is 23.2 Å². The number of imide groups is 1. The zero-order chi connectivity index (χ0) is 19.7. The Kier molecular flexibility index (Phi) is 5.96. The monoisotopic (exact) mass is 421 g/mol. The number of aryl methyl sites for hydroxylation is 2. The van der Waals surface area contributed by atoms with E-state index in [2.05, 4.69) is 0 Å². The van der Waals surface area contributed by atoms with E-state index < -0.39 is 11.8 Å². The molecule has 0 unspecified atom stereocenters. The van der Waals surface area contributed by atoms with Gasteiger partial charge in [-0.1, -0.05) is 53.0 Å². The molecule has 3 rings (SSSR count). The number of aliphatic hydroxyl groups excluding tert-OH is 1. The lowest BCUT2D eigenvalue weighted by atomic mass is 9.99. The van der Waals surface area contributed by atoms with Gasteiger partial charge in [-0.2, -0.15) is 0 Å². The molecule has 0 spiro atoms. The van der Waals surface area contributed by atoms with Crippen molar-refractivity contribution in [3.05, 3.63) is 68.0 Å². The number of halogens is 2. The molecule has 2 amide bonds. The van der Waals surface area contributed by atoms with Crippen molar-refractivity contribution < 1.29 is 14.7 Å². The van der Waals surface area contributed by atoms with Gasteiger partial charge in [-0.15, -0.1) is 11.8 Å². The van der Waals surface area contributed by atoms with Crippen LogP contribution in [0.15, 0.2) is 41.3 Å². The Morgan fingerprint density at radius 3 is 2.48 bits per heavy atom. The third-order valence-electron chi connectivity index (χ3n) is 4.20. The summed E-state index contributed by atoms with van der Waals surface area (Å²) in [7, 11) is 0. The van der Waals surface area contributed by atoms with Crippen LogP contribution in [0.2, 0.25) is 10.0 Å². The number of thioether (sulfide) groups is 1. The third kappa shape index (κ3) is 3.65. The van der Waals surface area contributed by atoms with Crippen molar-refractivity contribution in [2.75, 3.05) is 17.3 Å². The molecule has 2 aromatic carbocycles. The van der Waals surface area contributed by atoms with Gasteiger partial charge >= 0.3 is 0 Å². The Hall–Kier alpha value is -1.79. The van der Waals surface area contributed by atoms with Crippen LogP contribution in [-0.2, 0) is 9.59 Å². The van der Waals surface area contributed by atoms with Gasteiger partial charge in [0.2, 0.25) is 0 Å². The molecule has 0 atom stereocenters. The SMILES string of the molecule is Cc1ccc(C2=C(SCCO)C(=O)N(c3cccc(Cl)c3Cl)C2=O)c(C)c1. The van der Waals surface area contributed by atoms with E-state index in [0.29, 0.717) is 21.8 Å². The summed E-state index contributed by atoms with van der Waals surface area (Å²) in [6, 6.07) is 10.5. The van der Waals surface area contributed by atoms with Crippen molar-refractivity contribution in [2.45, 2.75) is 13.8 Å². The molecule has 0 aromatic heterocycles. The predicted octanol–water partition coefficient (Wildman–Crippen LogP) is 4.62. The second-order valence-corrected chi connectivity index (χ2v) is 8.00. The molecule has 1 heterocycles. The first kappa shape index (κ1) is 20.0. The first-order valence-corrected chi connectivity index (χ1v) is 9.99. The molecular formula is C20H17Cl2NO3S. The highest BCUT2D eigenvalue weighted by molar-refractivity contribution is 8.04. The van der Waals surface area contributed by atoms with Gasteiger partial charge < -0.3 is 5.11 Å². The fraction of sp³-hybridized carbons (Fsp3) is 0.200. The standard InChI is InChI=1S/C20H17Cl2NO3S/c1-11-6-7-13(12(2)10-11)16-18(27-9-8-24)20(26)23(19(16)25)15-5-3-4-14(21)17(15)22/h3-7,10,24H,8-9H2,1-2H3. The van der Waals surface area contributed by atoms with Crippen molar-refractivity contribution in [3.8, 4) is 0 Å². The van der Waals surface area contributed by atoms with E-state index in [1.165, 1.54) is 0 Å². The predicted molar refractivity (Wildman–Crippen MR) is 111 cm³/mol. The molecule has 7 heteroatoms. The summed E-state index contributed by atoms with van der Waals surface area (Å²) in [5, 5.41) is 9.61. The maximum Gasteiger partial charge on any atom is 0.272 e. The average molecular weight is 422 g/mol. The molecule has 140 valence electrons. The first-order chi connectivity index (χ1) is 12.9. The molecule has 1 aliphatic rings. The lowest BCUT2D eigenvalue weighted by molar-refractivity contribution is -0.119. The zero-order valence-corrected chi connectivity index (χ0v) is 17.1. The van der Waals surface area contributed by atoms with Gasteiger partial charge in [0.25, 0.3) is 11.8 Å². The highest BCUT2D eigenvalue weighted by Gasteiger charge is 2.41. The van der Waals surface area contributed by atoms with Crippen LogP contribution in [0.5, 0.6) is 0 Å². The van der Waals surface area contributed by atoms with Gasteiger partial charge in [0.1, 0.15) is 0 Å². The number of anilines is 1. The van der Waals surface area contributed by atoms with E-state index in [1.54, 1.807) is 18.2 Å². The second-order valence-electron chi connectivity index (χ2n) is 6.11. The number of aliphatic hydroxyl groups is 1. The highest BCUT2D eigenvalue weighted by Crippen LogP contribution is 2.42. The van der Waals surface area contributed by atoms with Crippen molar-refractivity contribution in [1.29, 1.82) is 0 Å². The molecular weight excluding hydrogens is 405 g/mol. The molecule has 4 nitrogen and oxygen atoms in total. The quantitative estimate of drug-likeness (QED) is 0.715. The first-order valence-electron chi connectivity index (χ1n) is 8.25. The fourth-order valence-corrected chi connectivity index (χ4v) is 4.24. The molecule has 0 saturated heterocycles. The minimum absolute atomic E-state index is 0.103. The Bertz CT molecular complexity index is 972. The molecule has 0 aliphatic carbocycles. The Morgan fingerprint density at radius 2 is 1.81 bits per heavy atom. The number of carbonyl (C=O) groups excluding carboxylic acids is 2. The van der Waals surface area contributed by atoms with Crippen LogP contribution in [0.1, 0.15) is 16.7 Å². The van der Waals surface area contributed by atoms with Crippen LogP contribution in [0.4, 0.5) is 5.69 Å². The second kappa shape index (κ2) is 8.07. The van der Waals surface area contributed by atoms with Gasteiger partial charge in [-0.25, -0.2) is 4.90 Å². The zero-order valence-electron chi connectivity index (χ0n) is 14.8. The molecule has 0 fully saturated rings. The summed E-state index contributed by atoms with van der Waals surface area (Å²) < 4.78 is 0. The van der Waals surface area contributed by atoms with Crippen LogP contribution in [0.25, 0.3) is 5.57 Å². The highest BCUT2D eigenvalue weighted by atomic mass is 35.5. The number of benzene rings is 2. The van der Waals surface area contributed by atoms with Crippen molar-refractivity contribution in [3.63, 3.8) is 0 Å². The van der Waals surface area contributed by atoms with Crippen LogP contribution >= 0.6 is 35.0 Å². The Balaban J connectivity index is 2.16. The molecule has 1 aliphatic heterocycles. The molecule has 1 N–H and O–H groups in total. The molecule has 0 bridgehead atoms. The van der Waals surface area contributed by atoms with Crippen molar-refractivity contribution in [2.24, 2.45) is 0 Å². The molecule has 27 heavy (non-hydrogen) atoms. The average Bonchev–Trinajstić information content (AvgIpc) is 2.86. The van der Waals surface area contributed by atoms with E-state index in [-0.39, 0.29) is 22.3 Å². The minimum atomic E-state index is -0.461. The van der Waals surface area contributed by atoms with Crippen molar-refractivity contribution in [1.82, 2.24) is 0 Å². The van der Waals surface area contributed by atoms with Gasteiger partial charge in [0, 0.05) is 5.75 Å². The number of hydrogen-bond acceptors (Lipinski definition) is 4. The number of rotatable bonds is 5. The number of hydrogen-bond donors (Lipinski definition) is 1. The van der Waals surface area contributed by atoms with Crippen LogP contribution in [0.3, 0.4) is 0 Å². The topological polar surface area (TPSA) is 57.6 Å². The molecule has 2 aromatic rings. The van der Waals surface area contributed by atoms with E-state index >= 15 is 0 Å². The third-order valence-corrected chi connectivity index (χ3v) is 6.07. The normalized spacial score (nSPS) is 14.5. The van der Waals surface area contributed by atoms with Crippen LogP contribution < -0.4 is 4.90 Å². The number of nitrogens with zero attached hydrogens (tertiary/aromatic N) is 1. The largest absolute Gasteiger partial charge is 0.396 e. The summed E-state index contributed by atoms with van der Waals surface area (Å²) in [6.45, 7) is 3.76. The smallest absolute Gasteiger partial charge is 0.272 e. The van der Waals surface area contributed by atoms with E-state index in [1.807, 2.05) is 32.0 Å². The fourth-order valence-electron chi connectivity index (χ4n) is 3.01. The number of carbonyl (C=O) groups is 2. The number of amides is 2. The van der Waals surface area contributed by atoms with E-state index in [0.717, 1.165) is 27.8 Å². The molecule has 0 saturated carbocycles. The Morgan fingerprint density at radius 1 is 1.07 bits per heavy atom. The summed E-state index contributed by atoms with van der Waals surface area (Å²) in [5.74, 6) is -0.603. The van der Waals surface area contributed by atoms with Crippen LogP contribution in [0, 0.1) is 13.8 Å². The summed E-state index contributed by atoms with van der Waals surface area (Å²) in [5.41, 5.74) is 3.23. The van der Waals surface area contributed by atoms with Gasteiger partial charge in [-0.05, 0) is 37.1 Å². The van der Waals surface area contributed by atoms with Gasteiger partial charge in [0.05, 0.1) is 32.8 Å². The maximum absolute atomic E-state index is 13.3. The van der Waals surface area contributed by atoms with E-state index in [9.17, 15) is 14.7 Å².